The summed E-state index contributed by atoms with van der Waals surface area (Å²) in [5.41, 5.74) is 0. The summed E-state index contributed by atoms with van der Waals surface area (Å²) in [6.45, 7) is 6.40. The van der Waals surface area contributed by atoms with E-state index in [1.54, 1.807) is 0 Å². The van der Waals surface area contributed by atoms with Crippen molar-refractivity contribution >= 4 is 5.97 Å². The van der Waals surface area contributed by atoms with E-state index in [0.29, 0.717) is 6.61 Å². The molecule has 0 aliphatic rings. The van der Waals surface area contributed by atoms with E-state index in [-0.39, 0.29) is 18.0 Å². The lowest BCUT2D eigenvalue weighted by molar-refractivity contribution is -0.150. The largest absolute Gasteiger partial charge is 0.469 e. The van der Waals surface area contributed by atoms with Gasteiger partial charge in [0.2, 0.25) is 0 Å². The Labute approximate surface area is 74.0 Å². The number of carbonyl (C=O) groups excluding carboxylic acids is 1. The number of hydrogen-bond donors (Lipinski definition) is 0. The van der Waals surface area contributed by atoms with Crippen LogP contribution in [0.4, 0.5) is 0 Å². The van der Waals surface area contributed by atoms with Crippen molar-refractivity contribution in [2.45, 2.75) is 33.3 Å². The van der Waals surface area contributed by atoms with Crippen LogP contribution in [-0.2, 0) is 14.3 Å². The van der Waals surface area contributed by atoms with E-state index in [1.807, 2.05) is 20.8 Å². The normalized spacial score (nSPS) is 15.3. The van der Waals surface area contributed by atoms with Gasteiger partial charge in [0.05, 0.1) is 19.1 Å². The van der Waals surface area contributed by atoms with Crippen LogP contribution in [0.25, 0.3) is 0 Å². The quantitative estimate of drug-likeness (QED) is 0.594. The molecule has 0 aliphatic heterocycles. The molecule has 0 saturated carbocycles. The third kappa shape index (κ3) is 3.22. The Morgan fingerprint density at radius 1 is 1.42 bits per heavy atom. The van der Waals surface area contributed by atoms with Crippen molar-refractivity contribution in [3.63, 3.8) is 0 Å². The standard InChI is InChI=1S/C9H18O3/c1-5-8(9(10)11-4)7(3)12-6-2/h7-8H,5-6H2,1-4H3. The average Bonchev–Trinajstić information content (AvgIpc) is 2.06. The number of hydrogen-bond acceptors (Lipinski definition) is 3. The fourth-order valence-corrected chi connectivity index (χ4v) is 1.22. The van der Waals surface area contributed by atoms with Gasteiger partial charge in [0.15, 0.2) is 0 Å². The first-order chi connectivity index (χ1) is 5.67. The minimum Gasteiger partial charge on any atom is -0.469 e. The fourth-order valence-electron chi connectivity index (χ4n) is 1.22. The highest BCUT2D eigenvalue weighted by Gasteiger charge is 2.23. The van der Waals surface area contributed by atoms with Crippen molar-refractivity contribution in [1.82, 2.24) is 0 Å². The number of methoxy groups -OCH3 is 1. The van der Waals surface area contributed by atoms with Crippen molar-refractivity contribution < 1.29 is 14.3 Å². The number of ether oxygens (including phenoxy) is 2. The highest BCUT2D eigenvalue weighted by molar-refractivity contribution is 5.72. The van der Waals surface area contributed by atoms with Crippen molar-refractivity contribution in [2.75, 3.05) is 13.7 Å². The molecule has 0 aromatic rings. The van der Waals surface area contributed by atoms with Gasteiger partial charge in [-0.3, -0.25) is 4.79 Å². The molecule has 0 saturated heterocycles. The molecule has 0 bridgehead atoms. The van der Waals surface area contributed by atoms with Gasteiger partial charge in [-0.2, -0.15) is 0 Å². The van der Waals surface area contributed by atoms with Crippen LogP contribution in [0.3, 0.4) is 0 Å². The Balaban J connectivity index is 4.03. The maximum Gasteiger partial charge on any atom is 0.311 e. The van der Waals surface area contributed by atoms with Crippen molar-refractivity contribution in [3.8, 4) is 0 Å². The minimum atomic E-state index is -0.182. The Hall–Kier alpha value is -0.570. The minimum absolute atomic E-state index is 0.0487. The molecule has 0 aromatic carbocycles. The van der Waals surface area contributed by atoms with E-state index < -0.39 is 0 Å². The lowest BCUT2D eigenvalue weighted by atomic mass is 10.0. The first-order valence-electron chi connectivity index (χ1n) is 4.36. The molecular weight excluding hydrogens is 156 g/mol. The molecule has 0 rings (SSSR count). The van der Waals surface area contributed by atoms with Crippen molar-refractivity contribution in [1.29, 1.82) is 0 Å². The molecule has 12 heavy (non-hydrogen) atoms. The summed E-state index contributed by atoms with van der Waals surface area (Å²) in [6.07, 6.45) is 0.709. The topological polar surface area (TPSA) is 35.5 Å². The second-order valence-electron chi connectivity index (χ2n) is 2.70. The summed E-state index contributed by atoms with van der Waals surface area (Å²) in [5, 5.41) is 0. The van der Waals surface area contributed by atoms with Gasteiger partial charge in [-0.05, 0) is 20.3 Å². The van der Waals surface area contributed by atoms with Crippen LogP contribution >= 0.6 is 0 Å². The Morgan fingerprint density at radius 2 is 2.00 bits per heavy atom. The highest BCUT2D eigenvalue weighted by atomic mass is 16.5. The van der Waals surface area contributed by atoms with Gasteiger partial charge < -0.3 is 9.47 Å². The van der Waals surface area contributed by atoms with Crippen LogP contribution in [0.1, 0.15) is 27.2 Å². The van der Waals surface area contributed by atoms with Crippen molar-refractivity contribution in [2.24, 2.45) is 5.92 Å². The molecule has 0 aliphatic carbocycles. The third-order valence-electron chi connectivity index (χ3n) is 1.94. The average molecular weight is 174 g/mol. The zero-order chi connectivity index (χ0) is 9.56. The fraction of sp³-hybridized carbons (Fsp3) is 0.889. The van der Waals surface area contributed by atoms with E-state index in [1.165, 1.54) is 7.11 Å². The van der Waals surface area contributed by atoms with Crippen molar-refractivity contribution in [3.05, 3.63) is 0 Å². The monoisotopic (exact) mass is 174 g/mol. The van der Waals surface area contributed by atoms with E-state index >= 15 is 0 Å². The van der Waals surface area contributed by atoms with Gasteiger partial charge in [-0.15, -0.1) is 0 Å². The second-order valence-corrected chi connectivity index (χ2v) is 2.70. The lowest BCUT2D eigenvalue weighted by Crippen LogP contribution is -2.28. The maximum absolute atomic E-state index is 11.2. The van der Waals surface area contributed by atoms with E-state index in [9.17, 15) is 4.79 Å². The molecule has 2 unspecified atom stereocenters. The number of rotatable bonds is 5. The van der Waals surface area contributed by atoms with Crippen LogP contribution in [0.5, 0.6) is 0 Å². The molecule has 2 atom stereocenters. The molecule has 0 heterocycles. The molecule has 3 nitrogen and oxygen atoms in total. The predicted molar refractivity (Wildman–Crippen MR) is 46.9 cm³/mol. The molecule has 3 heteroatoms. The molecular formula is C9H18O3. The predicted octanol–water partition coefficient (Wildman–Crippen LogP) is 1.61. The van der Waals surface area contributed by atoms with Gasteiger partial charge in [0, 0.05) is 6.61 Å². The van der Waals surface area contributed by atoms with E-state index in [2.05, 4.69) is 4.74 Å². The summed E-state index contributed by atoms with van der Waals surface area (Å²) in [4.78, 5) is 11.2. The maximum atomic E-state index is 11.2. The number of carbonyl (C=O) groups is 1. The smallest absolute Gasteiger partial charge is 0.311 e. The molecule has 0 N–H and O–H groups in total. The van der Waals surface area contributed by atoms with Gasteiger partial charge in [-0.1, -0.05) is 6.92 Å². The summed E-state index contributed by atoms with van der Waals surface area (Å²) in [5.74, 6) is -0.312. The molecule has 0 fully saturated rings. The molecule has 0 aromatic heterocycles. The summed E-state index contributed by atoms with van der Waals surface area (Å²) < 4.78 is 9.97. The zero-order valence-corrected chi connectivity index (χ0v) is 8.29. The van der Waals surface area contributed by atoms with Crippen LogP contribution < -0.4 is 0 Å². The van der Waals surface area contributed by atoms with Crippen LogP contribution in [0.15, 0.2) is 0 Å². The Bertz CT molecular complexity index is 134. The van der Waals surface area contributed by atoms with Gasteiger partial charge in [0.1, 0.15) is 0 Å². The highest BCUT2D eigenvalue weighted by Crippen LogP contribution is 2.13. The summed E-state index contributed by atoms with van der Waals surface area (Å²) in [6, 6.07) is 0. The van der Waals surface area contributed by atoms with Crippen LogP contribution in [-0.4, -0.2) is 25.8 Å². The van der Waals surface area contributed by atoms with Gasteiger partial charge >= 0.3 is 5.97 Å². The van der Waals surface area contributed by atoms with Crippen LogP contribution in [0, 0.1) is 5.92 Å². The molecule has 0 spiro atoms. The summed E-state index contributed by atoms with van der Waals surface area (Å²) in [7, 11) is 1.41. The van der Waals surface area contributed by atoms with E-state index in [4.69, 9.17) is 4.74 Å². The van der Waals surface area contributed by atoms with Crippen LogP contribution in [0.2, 0.25) is 0 Å². The number of esters is 1. The Kier molecular flexibility index (Phi) is 5.72. The first-order valence-corrected chi connectivity index (χ1v) is 4.36. The first kappa shape index (κ1) is 11.4. The Morgan fingerprint density at radius 3 is 2.33 bits per heavy atom. The van der Waals surface area contributed by atoms with Gasteiger partial charge in [-0.25, -0.2) is 0 Å². The molecule has 0 amide bonds. The van der Waals surface area contributed by atoms with Gasteiger partial charge in [0.25, 0.3) is 0 Å². The molecule has 0 radical (unpaired) electrons. The second kappa shape index (κ2) is 6.00. The van der Waals surface area contributed by atoms with E-state index in [0.717, 1.165) is 6.42 Å². The SMILES string of the molecule is CCOC(C)C(CC)C(=O)OC. The zero-order valence-electron chi connectivity index (χ0n) is 8.29. The summed E-state index contributed by atoms with van der Waals surface area (Å²) >= 11 is 0. The lowest BCUT2D eigenvalue weighted by Gasteiger charge is -2.19. The molecule has 72 valence electrons. The third-order valence-corrected chi connectivity index (χ3v) is 1.94.